The number of carbonyl (C=O) groups excluding carboxylic acids is 1. The zero-order valence-corrected chi connectivity index (χ0v) is 14.2. The number of nitrogens with zero attached hydrogens (tertiary/aromatic N) is 2. The normalized spacial score (nSPS) is 19.0. The summed E-state index contributed by atoms with van der Waals surface area (Å²) in [6.45, 7) is 0.0124. The van der Waals surface area contributed by atoms with E-state index < -0.39 is 42.4 Å². The number of hydrogen-bond acceptors (Lipinski definition) is 4. The summed E-state index contributed by atoms with van der Waals surface area (Å²) in [6, 6.07) is 4.70. The van der Waals surface area contributed by atoms with Crippen LogP contribution in [0.4, 0.5) is 13.2 Å². The predicted molar refractivity (Wildman–Crippen MR) is 87.8 cm³/mol. The third-order valence-corrected chi connectivity index (χ3v) is 4.46. The number of carbonyl (C=O) groups is 2. The van der Waals surface area contributed by atoms with E-state index in [0.29, 0.717) is 19.4 Å². The van der Waals surface area contributed by atoms with E-state index >= 15 is 0 Å². The fraction of sp³-hybridized carbons (Fsp3) is 0.471. The minimum atomic E-state index is -4.75. The van der Waals surface area contributed by atoms with Crippen molar-refractivity contribution in [1.82, 2.24) is 14.9 Å². The van der Waals surface area contributed by atoms with Gasteiger partial charge in [-0.2, -0.15) is 13.2 Å². The van der Waals surface area contributed by atoms with Gasteiger partial charge < -0.3 is 19.7 Å². The molecule has 2 N–H and O–H groups in total. The number of aliphatic carboxylic acids is 1. The Labute approximate surface area is 152 Å². The summed E-state index contributed by atoms with van der Waals surface area (Å²) in [5.41, 5.74) is 0.251. The van der Waals surface area contributed by atoms with Crippen LogP contribution in [0.2, 0.25) is 0 Å². The number of aromatic nitrogens is 2. The highest BCUT2D eigenvalue weighted by atomic mass is 19.4. The maximum atomic E-state index is 13.3. The summed E-state index contributed by atoms with van der Waals surface area (Å²) in [6.07, 6.45) is -3.53. The van der Waals surface area contributed by atoms with Gasteiger partial charge in [-0.15, -0.1) is 0 Å². The zero-order chi connectivity index (χ0) is 19.6. The highest BCUT2D eigenvalue weighted by molar-refractivity contribution is 5.85. The Hall–Kier alpha value is -2.62. The molecule has 0 radical (unpaired) electrons. The lowest BCUT2D eigenvalue weighted by Crippen LogP contribution is -2.49. The predicted octanol–water partition coefficient (Wildman–Crippen LogP) is 2.05. The van der Waals surface area contributed by atoms with Crippen LogP contribution in [0, 0.1) is 5.92 Å². The number of para-hydroxylation sites is 2. The molecule has 0 aliphatic carbocycles. The van der Waals surface area contributed by atoms with Crippen LogP contribution < -0.4 is 5.32 Å². The van der Waals surface area contributed by atoms with Crippen LogP contribution in [-0.2, 0) is 27.0 Å². The Bertz CT molecular complexity index is 844. The molecule has 1 aromatic carbocycles. The van der Waals surface area contributed by atoms with E-state index in [1.54, 1.807) is 6.07 Å². The molecule has 0 saturated carbocycles. The Morgan fingerprint density at radius 3 is 2.74 bits per heavy atom. The summed E-state index contributed by atoms with van der Waals surface area (Å²) in [7, 11) is 0. The van der Waals surface area contributed by atoms with Gasteiger partial charge in [0.1, 0.15) is 12.6 Å². The average Bonchev–Trinajstić information content (AvgIpc) is 2.99. The highest BCUT2D eigenvalue weighted by Gasteiger charge is 2.38. The second kappa shape index (κ2) is 7.55. The third-order valence-electron chi connectivity index (χ3n) is 4.46. The van der Waals surface area contributed by atoms with E-state index in [9.17, 15) is 27.9 Å². The van der Waals surface area contributed by atoms with Crippen molar-refractivity contribution < 1.29 is 32.6 Å². The first kappa shape index (κ1) is 19.2. The summed E-state index contributed by atoms with van der Waals surface area (Å²) in [5.74, 6) is -3.71. The lowest BCUT2D eigenvalue weighted by atomic mass is 9.93. The van der Waals surface area contributed by atoms with E-state index in [4.69, 9.17) is 4.74 Å². The average molecular weight is 385 g/mol. The number of imidazole rings is 1. The number of halogens is 3. The molecule has 2 aromatic rings. The third kappa shape index (κ3) is 4.21. The minimum Gasteiger partial charge on any atom is -0.480 e. The second-order valence-corrected chi connectivity index (χ2v) is 6.37. The number of benzene rings is 1. The molecule has 1 fully saturated rings. The SMILES string of the molecule is O=C(Cn1c(C(F)(F)F)nc2ccccc21)NC(C(=O)O)C1CCCOC1. The van der Waals surface area contributed by atoms with E-state index in [2.05, 4.69) is 10.3 Å². The van der Waals surface area contributed by atoms with Gasteiger partial charge >= 0.3 is 12.1 Å². The molecule has 10 heteroatoms. The maximum absolute atomic E-state index is 13.3. The molecule has 0 bridgehead atoms. The molecule has 27 heavy (non-hydrogen) atoms. The van der Waals surface area contributed by atoms with Gasteiger partial charge in [0.05, 0.1) is 17.6 Å². The second-order valence-electron chi connectivity index (χ2n) is 6.37. The molecule has 1 aliphatic rings. The van der Waals surface area contributed by atoms with Gasteiger partial charge in [0.25, 0.3) is 0 Å². The molecule has 7 nitrogen and oxygen atoms in total. The molecule has 3 rings (SSSR count). The molecule has 2 heterocycles. The number of nitrogens with one attached hydrogen (secondary N) is 1. The van der Waals surface area contributed by atoms with Crippen LogP contribution in [0.1, 0.15) is 18.7 Å². The fourth-order valence-electron chi connectivity index (χ4n) is 3.22. The van der Waals surface area contributed by atoms with Gasteiger partial charge in [0, 0.05) is 12.5 Å². The van der Waals surface area contributed by atoms with Gasteiger partial charge in [0.15, 0.2) is 0 Å². The van der Waals surface area contributed by atoms with Gasteiger partial charge in [0.2, 0.25) is 11.7 Å². The largest absolute Gasteiger partial charge is 0.480 e. The first-order valence-electron chi connectivity index (χ1n) is 8.39. The Balaban J connectivity index is 1.83. The number of ether oxygens (including phenoxy) is 1. The van der Waals surface area contributed by atoms with Crippen LogP contribution in [0.3, 0.4) is 0 Å². The van der Waals surface area contributed by atoms with E-state index in [1.807, 2.05) is 0 Å². The van der Waals surface area contributed by atoms with Crippen LogP contribution >= 0.6 is 0 Å². The van der Waals surface area contributed by atoms with Gasteiger partial charge in [-0.3, -0.25) is 4.79 Å². The summed E-state index contributed by atoms with van der Waals surface area (Å²) in [5, 5.41) is 11.7. The number of fused-ring (bicyclic) bond motifs is 1. The molecule has 1 amide bonds. The molecule has 0 spiro atoms. The number of alkyl halides is 3. The molecule has 2 atom stereocenters. The first-order valence-corrected chi connectivity index (χ1v) is 8.39. The topological polar surface area (TPSA) is 93.5 Å². The van der Waals surface area contributed by atoms with Crippen molar-refractivity contribution in [2.75, 3.05) is 13.2 Å². The molecule has 146 valence electrons. The number of carboxylic acid groups (broad SMARTS) is 1. The molecule has 1 aromatic heterocycles. The van der Waals surface area contributed by atoms with Crippen molar-refractivity contribution in [2.45, 2.75) is 31.6 Å². The molecule has 1 aliphatic heterocycles. The van der Waals surface area contributed by atoms with Gasteiger partial charge in [-0.1, -0.05) is 12.1 Å². The molecular weight excluding hydrogens is 367 g/mol. The van der Waals surface area contributed by atoms with Crippen LogP contribution in [0.25, 0.3) is 11.0 Å². The number of hydrogen-bond donors (Lipinski definition) is 2. The first-order chi connectivity index (χ1) is 12.8. The van der Waals surface area contributed by atoms with Crippen molar-refractivity contribution in [2.24, 2.45) is 5.92 Å². The fourth-order valence-corrected chi connectivity index (χ4v) is 3.22. The smallest absolute Gasteiger partial charge is 0.449 e. The summed E-state index contributed by atoms with van der Waals surface area (Å²) < 4.78 is 45.9. The van der Waals surface area contributed by atoms with Gasteiger partial charge in [-0.05, 0) is 25.0 Å². The monoisotopic (exact) mass is 385 g/mol. The lowest BCUT2D eigenvalue weighted by molar-refractivity contribution is -0.149. The van der Waals surface area contributed by atoms with E-state index in [-0.39, 0.29) is 17.6 Å². The molecular formula is C17H18F3N3O4. The van der Waals surface area contributed by atoms with E-state index in [1.165, 1.54) is 18.2 Å². The Kier molecular flexibility index (Phi) is 5.36. The summed E-state index contributed by atoms with van der Waals surface area (Å²) >= 11 is 0. The van der Waals surface area contributed by atoms with Gasteiger partial charge in [-0.25, -0.2) is 9.78 Å². The van der Waals surface area contributed by atoms with Crippen molar-refractivity contribution in [3.63, 3.8) is 0 Å². The highest BCUT2D eigenvalue weighted by Crippen LogP contribution is 2.31. The van der Waals surface area contributed by atoms with Crippen molar-refractivity contribution in [1.29, 1.82) is 0 Å². The standard InChI is InChI=1S/C17H18F3N3O4/c18-17(19,20)16-21-11-5-1-2-6-12(11)23(16)8-13(24)22-14(15(25)26)10-4-3-7-27-9-10/h1-2,5-6,10,14H,3-4,7-9H2,(H,22,24)(H,25,26). The lowest BCUT2D eigenvalue weighted by Gasteiger charge is -2.28. The Morgan fingerprint density at radius 1 is 1.37 bits per heavy atom. The molecule has 1 saturated heterocycles. The number of carboxylic acids is 1. The maximum Gasteiger partial charge on any atom is 0.449 e. The van der Waals surface area contributed by atoms with E-state index in [0.717, 1.165) is 4.57 Å². The zero-order valence-electron chi connectivity index (χ0n) is 14.2. The minimum absolute atomic E-state index is 0.105. The Morgan fingerprint density at radius 2 is 2.11 bits per heavy atom. The van der Waals surface area contributed by atoms with Crippen LogP contribution in [0.15, 0.2) is 24.3 Å². The van der Waals surface area contributed by atoms with Crippen LogP contribution in [0.5, 0.6) is 0 Å². The van der Waals surface area contributed by atoms with Crippen molar-refractivity contribution in [3.05, 3.63) is 30.1 Å². The summed E-state index contributed by atoms with van der Waals surface area (Å²) in [4.78, 5) is 27.4. The van der Waals surface area contributed by atoms with Crippen LogP contribution in [-0.4, -0.2) is 45.8 Å². The molecule has 2 unspecified atom stereocenters. The number of rotatable bonds is 5. The van der Waals surface area contributed by atoms with Crippen molar-refractivity contribution >= 4 is 22.9 Å². The quantitative estimate of drug-likeness (QED) is 0.822. The number of amides is 1. The van der Waals surface area contributed by atoms with Crippen molar-refractivity contribution in [3.8, 4) is 0 Å².